The minimum atomic E-state index is -0.763. The second-order valence-electron chi connectivity index (χ2n) is 2.76. The van der Waals surface area contributed by atoms with Gasteiger partial charge in [0, 0.05) is 6.54 Å². The van der Waals surface area contributed by atoms with Crippen molar-refractivity contribution in [2.24, 2.45) is 17.6 Å². The highest BCUT2D eigenvalue weighted by Gasteiger charge is 2.23. The van der Waals surface area contributed by atoms with Crippen molar-refractivity contribution >= 4 is 5.97 Å². The Hall–Kier alpha value is -0.570. The van der Waals surface area contributed by atoms with Crippen LogP contribution >= 0.6 is 0 Å². The minimum Gasteiger partial charge on any atom is -0.481 e. The van der Waals surface area contributed by atoms with Gasteiger partial charge in [-0.3, -0.25) is 4.79 Å². The molecule has 0 aliphatic rings. The average molecular weight is 159 g/mol. The van der Waals surface area contributed by atoms with Crippen LogP contribution in [0.5, 0.6) is 0 Å². The first kappa shape index (κ1) is 10.4. The summed E-state index contributed by atoms with van der Waals surface area (Å²) in [7, 11) is 0. The second kappa shape index (κ2) is 5.13. The highest BCUT2D eigenvalue weighted by Crippen LogP contribution is 2.18. The summed E-state index contributed by atoms with van der Waals surface area (Å²) in [5.41, 5.74) is 5.34. The van der Waals surface area contributed by atoms with E-state index in [9.17, 15) is 4.79 Å². The van der Waals surface area contributed by atoms with Crippen molar-refractivity contribution in [2.75, 3.05) is 6.54 Å². The maximum atomic E-state index is 10.6. The van der Waals surface area contributed by atoms with Crippen molar-refractivity contribution in [3.8, 4) is 0 Å². The van der Waals surface area contributed by atoms with E-state index >= 15 is 0 Å². The zero-order chi connectivity index (χ0) is 8.85. The van der Waals surface area contributed by atoms with E-state index in [1.54, 1.807) is 0 Å². The lowest BCUT2D eigenvalue weighted by Crippen LogP contribution is -2.30. The fourth-order valence-electron chi connectivity index (χ4n) is 1.35. The largest absolute Gasteiger partial charge is 0.481 e. The van der Waals surface area contributed by atoms with E-state index in [-0.39, 0.29) is 18.4 Å². The number of hydrogen-bond donors (Lipinski definition) is 2. The van der Waals surface area contributed by atoms with E-state index in [0.717, 1.165) is 12.8 Å². The molecule has 0 aliphatic heterocycles. The normalized spacial score (nSPS) is 13.5. The summed E-state index contributed by atoms with van der Waals surface area (Å²) >= 11 is 0. The average Bonchev–Trinajstić information content (AvgIpc) is 1.99. The molecule has 3 N–H and O–H groups in total. The molecule has 0 radical (unpaired) electrons. The SMILES string of the molecule is CCC(CC)C(CN)C(=O)O. The van der Waals surface area contributed by atoms with E-state index in [1.807, 2.05) is 13.8 Å². The molecule has 0 aliphatic carbocycles. The Bertz CT molecular complexity index is 121. The molecule has 1 unspecified atom stereocenters. The first-order chi connectivity index (χ1) is 5.17. The number of aliphatic carboxylic acids is 1. The number of carboxylic acids is 1. The molecule has 0 amide bonds. The first-order valence-electron chi connectivity index (χ1n) is 4.10. The highest BCUT2D eigenvalue weighted by molar-refractivity contribution is 5.70. The van der Waals surface area contributed by atoms with Crippen LogP contribution in [0.15, 0.2) is 0 Å². The summed E-state index contributed by atoms with van der Waals surface area (Å²) in [6.45, 7) is 4.25. The van der Waals surface area contributed by atoms with E-state index in [0.29, 0.717) is 0 Å². The number of rotatable bonds is 5. The molecular formula is C8H17NO2. The van der Waals surface area contributed by atoms with Crippen LogP contribution in [-0.2, 0) is 4.79 Å². The predicted octanol–water partition coefficient (Wildman–Crippen LogP) is 1.08. The molecule has 11 heavy (non-hydrogen) atoms. The summed E-state index contributed by atoms with van der Waals surface area (Å²) in [5.74, 6) is -0.885. The van der Waals surface area contributed by atoms with Crippen LogP contribution in [-0.4, -0.2) is 17.6 Å². The Kier molecular flexibility index (Phi) is 4.86. The Morgan fingerprint density at radius 1 is 1.45 bits per heavy atom. The van der Waals surface area contributed by atoms with Crippen molar-refractivity contribution in [1.29, 1.82) is 0 Å². The fourth-order valence-corrected chi connectivity index (χ4v) is 1.35. The second-order valence-corrected chi connectivity index (χ2v) is 2.76. The fraction of sp³-hybridized carbons (Fsp3) is 0.875. The molecular weight excluding hydrogens is 142 g/mol. The first-order valence-corrected chi connectivity index (χ1v) is 4.10. The number of nitrogens with two attached hydrogens (primary N) is 1. The third kappa shape index (κ3) is 2.89. The maximum Gasteiger partial charge on any atom is 0.308 e. The zero-order valence-corrected chi connectivity index (χ0v) is 7.21. The molecule has 0 spiro atoms. The van der Waals surface area contributed by atoms with Crippen LogP contribution in [0.25, 0.3) is 0 Å². The predicted molar refractivity (Wildman–Crippen MR) is 44.3 cm³/mol. The molecule has 3 heteroatoms. The van der Waals surface area contributed by atoms with Gasteiger partial charge in [0.25, 0.3) is 0 Å². The van der Waals surface area contributed by atoms with Gasteiger partial charge >= 0.3 is 5.97 Å². The van der Waals surface area contributed by atoms with Crippen molar-refractivity contribution in [1.82, 2.24) is 0 Å². The molecule has 1 atom stereocenters. The van der Waals surface area contributed by atoms with Gasteiger partial charge < -0.3 is 10.8 Å². The molecule has 66 valence electrons. The molecule has 0 bridgehead atoms. The van der Waals surface area contributed by atoms with Crippen LogP contribution in [0.3, 0.4) is 0 Å². The van der Waals surface area contributed by atoms with E-state index in [2.05, 4.69) is 0 Å². The quantitative estimate of drug-likeness (QED) is 0.631. The molecule has 0 heterocycles. The summed E-state index contributed by atoms with van der Waals surface area (Å²) in [6.07, 6.45) is 1.79. The number of carboxylic acid groups (broad SMARTS) is 1. The summed E-state index contributed by atoms with van der Waals surface area (Å²) in [5, 5.41) is 8.73. The summed E-state index contributed by atoms with van der Waals surface area (Å²) in [4.78, 5) is 10.6. The van der Waals surface area contributed by atoms with Crippen LogP contribution in [0.4, 0.5) is 0 Å². The van der Waals surface area contributed by atoms with Crippen LogP contribution in [0.2, 0.25) is 0 Å². The van der Waals surface area contributed by atoms with Crippen molar-refractivity contribution in [3.63, 3.8) is 0 Å². The van der Waals surface area contributed by atoms with Crippen molar-refractivity contribution < 1.29 is 9.90 Å². The molecule has 0 aromatic carbocycles. The Balaban J connectivity index is 4.09. The van der Waals surface area contributed by atoms with E-state index < -0.39 is 5.97 Å². The van der Waals surface area contributed by atoms with Crippen LogP contribution in [0.1, 0.15) is 26.7 Å². The van der Waals surface area contributed by atoms with Gasteiger partial charge in [0.2, 0.25) is 0 Å². The van der Waals surface area contributed by atoms with Gasteiger partial charge in [-0.05, 0) is 5.92 Å². The summed E-state index contributed by atoms with van der Waals surface area (Å²) < 4.78 is 0. The molecule has 0 saturated carbocycles. The Morgan fingerprint density at radius 3 is 2.00 bits per heavy atom. The lowest BCUT2D eigenvalue weighted by molar-refractivity contribution is -0.143. The van der Waals surface area contributed by atoms with E-state index in [1.165, 1.54) is 0 Å². The molecule has 0 fully saturated rings. The van der Waals surface area contributed by atoms with Gasteiger partial charge in [-0.25, -0.2) is 0 Å². The number of carbonyl (C=O) groups is 1. The van der Waals surface area contributed by atoms with Gasteiger partial charge in [0.05, 0.1) is 5.92 Å². The summed E-state index contributed by atoms with van der Waals surface area (Å²) in [6, 6.07) is 0. The van der Waals surface area contributed by atoms with Gasteiger partial charge in [-0.2, -0.15) is 0 Å². The monoisotopic (exact) mass is 159 g/mol. The van der Waals surface area contributed by atoms with Gasteiger partial charge in [0.1, 0.15) is 0 Å². The minimum absolute atomic E-state index is 0.234. The molecule has 3 nitrogen and oxygen atoms in total. The van der Waals surface area contributed by atoms with E-state index in [4.69, 9.17) is 10.8 Å². The van der Waals surface area contributed by atoms with Gasteiger partial charge in [-0.15, -0.1) is 0 Å². The third-order valence-electron chi connectivity index (χ3n) is 2.19. The topological polar surface area (TPSA) is 63.3 Å². The molecule has 0 aromatic heterocycles. The third-order valence-corrected chi connectivity index (χ3v) is 2.19. The number of hydrogen-bond acceptors (Lipinski definition) is 2. The zero-order valence-electron chi connectivity index (χ0n) is 7.21. The molecule has 0 saturated heterocycles. The lowest BCUT2D eigenvalue weighted by Gasteiger charge is -2.18. The standard InChI is InChI=1S/C8H17NO2/c1-3-6(4-2)7(5-9)8(10)11/h6-7H,3-5,9H2,1-2H3,(H,10,11). The van der Waals surface area contributed by atoms with Crippen LogP contribution < -0.4 is 5.73 Å². The Labute approximate surface area is 67.6 Å². The van der Waals surface area contributed by atoms with Crippen molar-refractivity contribution in [2.45, 2.75) is 26.7 Å². The van der Waals surface area contributed by atoms with Crippen LogP contribution in [0, 0.1) is 11.8 Å². The van der Waals surface area contributed by atoms with Crippen molar-refractivity contribution in [3.05, 3.63) is 0 Å². The lowest BCUT2D eigenvalue weighted by atomic mass is 9.88. The molecule has 0 rings (SSSR count). The smallest absolute Gasteiger partial charge is 0.308 e. The molecule has 0 aromatic rings. The highest BCUT2D eigenvalue weighted by atomic mass is 16.4. The Morgan fingerprint density at radius 2 is 1.91 bits per heavy atom. The maximum absolute atomic E-state index is 10.6. The van der Waals surface area contributed by atoms with Gasteiger partial charge in [0.15, 0.2) is 0 Å². The van der Waals surface area contributed by atoms with Gasteiger partial charge in [-0.1, -0.05) is 26.7 Å².